The molecule has 0 bridgehead atoms. The van der Waals surface area contributed by atoms with Crippen molar-refractivity contribution < 1.29 is 19.0 Å². The minimum atomic E-state index is -0.455. The van der Waals surface area contributed by atoms with E-state index in [-0.39, 0.29) is 23.9 Å². The van der Waals surface area contributed by atoms with Crippen LogP contribution in [0.15, 0.2) is 61.1 Å². The number of carbonyl (C=O) groups excluding carboxylic acids is 1. The first kappa shape index (κ1) is 24.6. The van der Waals surface area contributed by atoms with Crippen molar-refractivity contribution in [2.24, 2.45) is 0 Å². The van der Waals surface area contributed by atoms with Crippen LogP contribution in [0.25, 0.3) is 11.1 Å². The van der Waals surface area contributed by atoms with Gasteiger partial charge >= 0.3 is 0 Å². The summed E-state index contributed by atoms with van der Waals surface area (Å²) in [6.45, 7) is 4.74. The molecule has 3 atom stereocenters. The third-order valence-corrected chi connectivity index (χ3v) is 7.70. The Balaban J connectivity index is 1.30. The van der Waals surface area contributed by atoms with Crippen molar-refractivity contribution in [3.05, 3.63) is 78.1 Å². The number of aliphatic hydroxyl groups excluding tert-OH is 1. The minimum absolute atomic E-state index is 0.0201. The van der Waals surface area contributed by atoms with Crippen LogP contribution in [0.3, 0.4) is 0 Å². The van der Waals surface area contributed by atoms with Crippen LogP contribution in [-0.4, -0.2) is 81.9 Å². The van der Waals surface area contributed by atoms with Gasteiger partial charge in [-0.25, -0.2) is 9.37 Å². The predicted octanol–water partition coefficient (Wildman–Crippen LogP) is 3.59. The highest BCUT2D eigenvalue weighted by atomic mass is 19.1. The number of ether oxygens (including phenoxy) is 1. The summed E-state index contributed by atoms with van der Waals surface area (Å²) >= 11 is 0. The Morgan fingerprint density at radius 2 is 1.83 bits per heavy atom. The largest absolute Gasteiger partial charge is 0.389 e. The first-order valence-corrected chi connectivity index (χ1v) is 12.6. The smallest absolute Gasteiger partial charge is 0.272 e. The number of likely N-dealkylation sites (tertiary alicyclic amines) is 2. The molecule has 0 spiro atoms. The summed E-state index contributed by atoms with van der Waals surface area (Å²) in [7, 11) is 1.64. The van der Waals surface area contributed by atoms with Gasteiger partial charge in [0.05, 0.1) is 30.8 Å². The molecule has 0 radical (unpaired) electrons. The maximum Gasteiger partial charge on any atom is 0.272 e. The van der Waals surface area contributed by atoms with E-state index in [2.05, 4.69) is 16.8 Å². The number of benzene rings is 2. The molecule has 2 saturated heterocycles. The lowest BCUT2D eigenvalue weighted by Crippen LogP contribution is -2.46. The first-order valence-electron chi connectivity index (χ1n) is 12.6. The third-order valence-electron chi connectivity index (χ3n) is 7.70. The Bertz CT molecular complexity index is 1190. The zero-order valence-corrected chi connectivity index (χ0v) is 20.8. The van der Waals surface area contributed by atoms with Gasteiger partial charge in [0.1, 0.15) is 11.5 Å². The van der Waals surface area contributed by atoms with E-state index in [0.29, 0.717) is 31.4 Å². The number of amides is 1. The summed E-state index contributed by atoms with van der Waals surface area (Å²) in [5.74, 6) is -0.289. The van der Waals surface area contributed by atoms with E-state index in [1.807, 2.05) is 33.7 Å². The molecule has 2 fully saturated rings. The van der Waals surface area contributed by atoms with Crippen molar-refractivity contribution in [1.29, 1.82) is 0 Å². The number of aromatic nitrogens is 2. The summed E-state index contributed by atoms with van der Waals surface area (Å²) in [6.07, 6.45) is 4.49. The van der Waals surface area contributed by atoms with Crippen LogP contribution in [0.4, 0.5) is 4.39 Å². The van der Waals surface area contributed by atoms with E-state index in [1.54, 1.807) is 31.8 Å². The second kappa shape index (κ2) is 10.5. The van der Waals surface area contributed by atoms with Gasteiger partial charge in [0.2, 0.25) is 0 Å². The van der Waals surface area contributed by atoms with Crippen molar-refractivity contribution in [3.8, 4) is 11.1 Å². The zero-order valence-electron chi connectivity index (χ0n) is 20.8. The van der Waals surface area contributed by atoms with Crippen LogP contribution in [0.1, 0.15) is 41.9 Å². The summed E-state index contributed by atoms with van der Waals surface area (Å²) in [4.78, 5) is 22.1. The Morgan fingerprint density at radius 1 is 1.11 bits per heavy atom. The van der Waals surface area contributed by atoms with Crippen LogP contribution < -0.4 is 0 Å². The number of halogens is 1. The molecule has 1 amide bonds. The summed E-state index contributed by atoms with van der Waals surface area (Å²) in [6, 6.07) is 14.7. The van der Waals surface area contributed by atoms with Gasteiger partial charge in [-0.1, -0.05) is 36.4 Å². The molecule has 3 heterocycles. The summed E-state index contributed by atoms with van der Waals surface area (Å²) in [5.41, 5.74) is 3.53. The van der Waals surface area contributed by atoms with E-state index in [4.69, 9.17) is 4.74 Å². The number of rotatable bonds is 6. The molecule has 1 N–H and O–H groups in total. The molecule has 2 aromatic carbocycles. The fourth-order valence-corrected chi connectivity index (χ4v) is 5.59. The fraction of sp³-hybridized carbons (Fsp3) is 0.429. The topological polar surface area (TPSA) is 70.8 Å². The number of imidazole rings is 1. The molecule has 36 heavy (non-hydrogen) atoms. The van der Waals surface area contributed by atoms with Crippen LogP contribution in [-0.2, 0) is 4.74 Å². The van der Waals surface area contributed by atoms with Crippen LogP contribution in [0.5, 0.6) is 0 Å². The molecule has 2 aliphatic heterocycles. The number of piperidine rings is 1. The molecular weight excluding hydrogens is 459 g/mol. The summed E-state index contributed by atoms with van der Waals surface area (Å²) in [5, 5.41) is 10.2. The molecule has 7 nitrogen and oxygen atoms in total. The lowest BCUT2D eigenvalue weighted by molar-refractivity contribution is 0.0212. The second-order valence-electron chi connectivity index (χ2n) is 9.78. The standard InChI is InChI=1S/C28H33FN4O3/c1-19(23-5-3-4-6-24(23)20-7-9-21(29)10-8-20)33-18-30-15-25(33)28(35)31-13-11-22(12-14-31)32-16-26(34)27(17-32)36-2/h3-10,15,18-19,22,26-27,34H,11-14,16-17H2,1-2H3/t19-,26-,27?/m0/s1. The van der Waals surface area contributed by atoms with Crippen molar-refractivity contribution in [1.82, 2.24) is 19.4 Å². The molecule has 1 unspecified atom stereocenters. The Hall–Kier alpha value is -3.07. The van der Waals surface area contributed by atoms with Crippen LogP contribution in [0.2, 0.25) is 0 Å². The maximum atomic E-state index is 13.5. The lowest BCUT2D eigenvalue weighted by Gasteiger charge is -2.36. The van der Waals surface area contributed by atoms with Crippen LogP contribution >= 0.6 is 0 Å². The molecule has 5 rings (SSSR count). The predicted molar refractivity (Wildman–Crippen MR) is 135 cm³/mol. The highest BCUT2D eigenvalue weighted by molar-refractivity contribution is 5.92. The average Bonchev–Trinajstić information content (AvgIpc) is 3.55. The van der Waals surface area contributed by atoms with Crippen molar-refractivity contribution in [2.75, 3.05) is 33.3 Å². The number of hydrogen-bond donors (Lipinski definition) is 1. The Labute approximate surface area is 211 Å². The fourth-order valence-electron chi connectivity index (χ4n) is 5.59. The minimum Gasteiger partial charge on any atom is -0.389 e. The second-order valence-corrected chi connectivity index (χ2v) is 9.78. The van der Waals surface area contributed by atoms with Gasteiger partial charge in [0.15, 0.2) is 0 Å². The zero-order chi connectivity index (χ0) is 25.2. The average molecular weight is 493 g/mol. The number of hydrogen-bond acceptors (Lipinski definition) is 5. The number of carbonyl (C=O) groups is 1. The number of aliphatic hydroxyl groups is 1. The van der Waals surface area contributed by atoms with Crippen molar-refractivity contribution in [2.45, 2.75) is 44.1 Å². The monoisotopic (exact) mass is 492 g/mol. The van der Waals surface area contributed by atoms with E-state index >= 15 is 0 Å². The molecular formula is C28H33FN4O3. The molecule has 8 heteroatoms. The number of methoxy groups -OCH3 is 1. The number of β-amino-alcohol motifs (C(OH)–C–C–N with tert-alkyl or cyclic N) is 1. The molecule has 1 aromatic heterocycles. The van der Waals surface area contributed by atoms with Gasteiger partial charge in [-0.2, -0.15) is 0 Å². The highest BCUT2D eigenvalue weighted by Crippen LogP contribution is 2.31. The van der Waals surface area contributed by atoms with E-state index < -0.39 is 6.10 Å². The molecule has 0 saturated carbocycles. The lowest BCUT2D eigenvalue weighted by atomic mass is 9.95. The van der Waals surface area contributed by atoms with Crippen molar-refractivity contribution >= 4 is 5.91 Å². The van der Waals surface area contributed by atoms with Crippen LogP contribution in [0, 0.1) is 5.82 Å². The SMILES string of the molecule is COC1CN(C2CCN(C(=O)c3cncn3[C@@H](C)c3ccccc3-c3ccc(F)cc3)CC2)C[C@@H]1O. The number of nitrogens with zero attached hydrogens (tertiary/aromatic N) is 4. The molecule has 0 aliphatic carbocycles. The van der Waals surface area contributed by atoms with Crippen molar-refractivity contribution in [3.63, 3.8) is 0 Å². The van der Waals surface area contributed by atoms with Gasteiger partial charge in [0.25, 0.3) is 5.91 Å². The Morgan fingerprint density at radius 3 is 2.53 bits per heavy atom. The van der Waals surface area contributed by atoms with Gasteiger partial charge in [-0.15, -0.1) is 0 Å². The summed E-state index contributed by atoms with van der Waals surface area (Å²) < 4.78 is 20.8. The van der Waals surface area contributed by atoms with E-state index in [1.165, 1.54) is 12.1 Å². The van der Waals surface area contributed by atoms with Gasteiger partial charge in [-0.05, 0) is 48.6 Å². The Kier molecular flexibility index (Phi) is 7.18. The first-order chi connectivity index (χ1) is 17.5. The third kappa shape index (κ3) is 4.81. The van der Waals surface area contributed by atoms with Gasteiger partial charge in [0, 0.05) is 39.3 Å². The van der Waals surface area contributed by atoms with E-state index in [0.717, 1.165) is 36.1 Å². The quantitative estimate of drug-likeness (QED) is 0.570. The van der Waals surface area contributed by atoms with Gasteiger partial charge in [-0.3, -0.25) is 9.69 Å². The van der Waals surface area contributed by atoms with Gasteiger partial charge < -0.3 is 19.3 Å². The molecule has 2 aliphatic rings. The highest BCUT2D eigenvalue weighted by Gasteiger charge is 2.37. The normalized spacial score (nSPS) is 22.2. The molecule has 3 aromatic rings. The molecule has 190 valence electrons. The van der Waals surface area contributed by atoms with E-state index in [9.17, 15) is 14.3 Å². The maximum absolute atomic E-state index is 13.5.